The van der Waals surface area contributed by atoms with E-state index in [0.717, 1.165) is 11.1 Å². The second kappa shape index (κ2) is 10.9. The highest BCUT2D eigenvalue weighted by atomic mass is 32.2. The van der Waals surface area contributed by atoms with Crippen molar-refractivity contribution in [2.24, 2.45) is 0 Å². The van der Waals surface area contributed by atoms with E-state index in [0.29, 0.717) is 25.9 Å². The van der Waals surface area contributed by atoms with Gasteiger partial charge in [0, 0.05) is 13.1 Å². The fourth-order valence-corrected chi connectivity index (χ4v) is 6.61. The summed E-state index contributed by atoms with van der Waals surface area (Å²) in [4.78, 5) is 28.2. The van der Waals surface area contributed by atoms with Crippen molar-refractivity contribution in [3.63, 3.8) is 0 Å². The van der Waals surface area contributed by atoms with Gasteiger partial charge >= 0.3 is 5.97 Å². The molecule has 0 radical (unpaired) electrons. The fourth-order valence-electron chi connectivity index (χ4n) is 4.54. The average Bonchev–Trinajstić information content (AvgIpc) is 3.41. The number of nitrogens with zero attached hydrogens (tertiary/aromatic N) is 1. The molecule has 0 N–H and O–H groups in total. The zero-order valence-corrected chi connectivity index (χ0v) is 20.3. The Morgan fingerprint density at radius 1 is 0.743 bits per heavy atom. The fraction of sp³-hybridized carbons (Fsp3) is 0.286. The first kappa shape index (κ1) is 24.7. The number of carbonyl (C=O) groups excluding carboxylic acids is 2. The first-order valence-electron chi connectivity index (χ1n) is 11.7. The van der Waals surface area contributed by atoms with Gasteiger partial charge in [0.25, 0.3) is 5.91 Å². The maximum atomic E-state index is 13.5. The number of carbonyl (C=O) groups is 2. The summed E-state index contributed by atoms with van der Waals surface area (Å²) >= 11 is 0. The van der Waals surface area contributed by atoms with Gasteiger partial charge in [0.05, 0.1) is 4.90 Å². The van der Waals surface area contributed by atoms with Crippen LogP contribution in [0.2, 0.25) is 0 Å². The van der Waals surface area contributed by atoms with E-state index in [2.05, 4.69) is 0 Å². The van der Waals surface area contributed by atoms with Crippen molar-refractivity contribution >= 4 is 21.7 Å². The van der Waals surface area contributed by atoms with Crippen molar-refractivity contribution in [2.75, 3.05) is 6.61 Å². The molecule has 4 rings (SSSR count). The van der Waals surface area contributed by atoms with E-state index in [9.17, 15) is 18.0 Å². The van der Waals surface area contributed by atoms with E-state index >= 15 is 0 Å². The summed E-state index contributed by atoms with van der Waals surface area (Å²) in [6.07, 6.45) is 1.61. The second-order valence-corrected chi connectivity index (χ2v) is 11.1. The van der Waals surface area contributed by atoms with Crippen LogP contribution >= 0.6 is 0 Å². The van der Waals surface area contributed by atoms with E-state index in [1.54, 1.807) is 23.1 Å². The molecule has 3 aromatic carbocycles. The molecule has 182 valence electrons. The van der Waals surface area contributed by atoms with Crippen molar-refractivity contribution in [3.8, 4) is 0 Å². The Morgan fingerprint density at radius 2 is 1.20 bits per heavy atom. The van der Waals surface area contributed by atoms with Gasteiger partial charge in [0.1, 0.15) is 0 Å². The Bertz CT molecular complexity index is 1200. The summed E-state index contributed by atoms with van der Waals surface area (Å²) in [5, 5.41) is 0. The predicted octanol–water partition coefficient (Wildman–Crippen LogP) is 4.55. The minimum atomic E-state index is -3.96. The molecule has 0 aliphatic heterocycles. The van der Waals surface area contributed by atoms with E-state index in [-0.39, 0.29) is 23.6 Å². The molecule has 0 atom stereocenters. The molecule has 0 heterocycles. The molecule has 0 spiro atoms. The minimum absolute atomic E-state index is 0.0972. The highest BCUT2D eigenvalue weighted by molar-refractivity contribution is 7.93. The zero-order chi connectivity index (χ0) is 24.7. The lowest BCUT2D eigenvalue weighted by molar-refractivity contribution is -0.154. The van der Waals surface area contributed by atoms with Crippen LogP contribution in [0.1, 0.15) is 36.8 Å². The van der Waals surface area contributed by atoms with Crippen LogP contribution in [0.5, 0.6) is 0 Å². The molecule has 6 nitrogen and oxygen atoms in total. The van der Waals surface area contributed by atoms with Gasteiger partial charge in [-0.25, -0.2) is 8.42 Å². The molecule has 7 heteroatoms. The number of hydrogen-bond acceptors (Lipinski definition) is 5. The predicted molar refractivity (Wildman–Crippen MR) is 133 cm³/mol. The number of esters is 1. The monoisotopic (exact) mass is 491 g/mol. The minimum Gasteiger partial charge on any atom is -0.454 e. The second-order valence-electron chi connectivity index (χ2n) is 8.82. The quantitative estimate of drug-likeness (QED) is 0.411. The molecule has 35 heavy (non-hydrogen) atoms. The summed E-state index contributed by atoms with van der Waals surface area (Å²) < 4.78 is 30.7. The van der Waals surface area contributed by atoms with Gasteiger partial charge in [-0.05, 0) is 36.1 Å². The molecule has 0 aromatic heterocycles. The molecule has 1 aliphatic carbocycles. The number of ether oxygens (including phenoxy) is 1. The smallest absolute Gasteiger partial charge is 0.328 e. The largest absolute Gasteiger partial charge is 0.454 e. The van der Waals surface area contributed by atoms with Gasteiger partial charge in [-0.3, -0.25) is 9.59 Å². The van der Waals surface area contributed by atoms with Crippen LogP contribution in [0.25, 0.3) is 0 Å². The summed E-state index contributed by atoms with van der Waals surface area (Å²) in [6.45, 7) is 0.184. The van der Waals surface area contributed by atoms with E-state index in [1.807, 2.05) is 60.7 Å². The Morgan fingerprint density at radius 3 is 1.69 bits per heavy atom. The topological polar surface area (TPSA) is 80.8 Å². The van der Waals surface area contributed by atoms with Crippen LogP contribution in [0.15, 0.2) is 95.9 Å². The summed E-state index contributed by atoms with van der Waals surface area (Å²) in [6, 6.07) is 27.1. The standard InChI is InChI=1S/C28H29NO5S/c30-26(29(20-23-12-4-1-5-13-23)21-24-14-6-2-7-15-24)22-34-27(31)28(18-10-11-19-28)35(32,33)25-16-8-3-9-17-25/h1-9,12-17H,10-11,18-22H2. The van der Waals surface area contributed by atoms with Crippen LogP contribution in [0, 0.1) is 0 Å². The van der Waals surface area contributed by atoms with Gasteiger partial charge in [0.15, 0.2) is 21.2 Å². The Kier molecular flexibility index (Phi) is 7.66. The normalized spacial score (nSPS) is 14.9. The lowest BCUT2D eigenvalue weighted by atomic mass is 10.1. The maximum absolute atomic E-state index is 13.5. The van der Waals surface area contributed by atoms with Crippen molar-refractivity contribution in [3.05, 3.63) is 102 Å². The molecule has 1 amide bonds. The number of benzene rings is 3. The Hall–Kier alpha value is -3.45. The number of hydrogen-bond donors (Lipinski definition) is 0. The van der Waals surface area contributed by atoms with Crippen LogP contribution in [-0.2, 0) is 37.3 Å². The third kappa shape index (κ3) is 5.46. The summed E-state index contributed by atoms with van der Waals surface area (Å²) in [5.74, 6) is -1.22. The molecular formula is C28H29NO5S. The van der Waals surface area contributed by atoms with Crippen molar-refractivity contribution in [1.29, 1.82) is 0 Å². The highest BCUT2D eigenvalue weighted by Crippen LogP contribution is 2.41. The molecule has 1 fully saturated rings. The van der Waals surface area contributed by atoms with Gasteiger partial charge in [-0.2, -0.15) is 0 Å². The lowest BCUT2D eigenvalue weighted by Gasteiger charge is -2.28. The maximum Gasteiger partial charge on any atom is 0.328 e. The highest BCUT2D eigenvalue weighted by Gasteiger charge is 2.54. The molecular weight excluding hydrogens is 462 g/mol. The van der Waals surface area contributed by atoms with Crippen LogP contribution in [0.4, 0.5) is 0 Å². The first-order valence-corrected chi connectivity index (χ1v) is 13.2. The van der Waals surface area contributed by atoms with Crippen LogP contribution < -0.4 is 0 Å². The van der Waals surface area contributed by atoms with E-state index in [1.165, 1.54) is 12.1 Å². The first-order chi connectivity index (χ1) is 16.9. The Labute approximate surface area is 206 Å². The van der Waals surface area contributed by atoms with Crippen LogP contribution in [0.3, 0.4) is 0 Å². The average molecular weight is 492 g/mol. The van der Waals surface area contributed by atoms with Crippen LogP contribution in [-0.4, -0.2) is 36.5 Å². The zero-order valence-electron chi connectivity index (χ0n) is 19.5. The van der Waals surface area contributed by atoms with Crippen molar-refractivity contribution in [2.45, 2.75) is 48.4 Å². The Balaban J connectivity index is 1.51. The van der Waals surface area contributed by atoms with Crippen molar-refractivity contribution in [1.82, 2.24) is 4.90 Å². The van der Waals surface area contributed by atoms with Gasteiger partial charge in [0.2, 0.25) is 0 Å². The molecule has 3 aromatic rings. The summed E-state index contributed by atoms with van der Waals surface area (Å²) in [5.41, 5.74) is 1.89. The van der Waals surface area contributed by atoms with E-state index in [4.69, 9.17) is 4.74 Å². The van der Waals surface area contributed by atoms with E-state index < -0.39 is 27.2 Å². The van der Waals surface area contributed by atoms with Gasteiger partial charge < -0.3 is 9.64 Å². The number of amides is 1. The number of rotatable bonds is 9. The lowest BCUT2D eigenvalue weighted by Crippen LogP contribution is -2.46. The molecule has 0 saturated heterocycles. The third-order valence-electron chi connectivity index (χ3n) is 6.46. The number of sulfone groups is 1. The van der Waals surface area contributed by atoms with Gasteiger partial charge in [-0.15, -0.1) is 0 Å². The molecule has 0 unspecified atom stereocenters. The molecule has 0 bridgehead atoms. The van der Waals surface area contributed by atoms with Gasteiger partial charge in [-0.1, -0.05) is 91.7 Å². The SMILES string of the molecule is O=C(COC(=O)C1(S(=O)(=O)c2ccccc2)CCCC1)N(Cc1ccccc1)Cc1ccccc1. The molecule has 1 aliphatic rings. The van der Waals surface area contributed by atoms with Crippen molar-refractivity contribution < 1.29 is 22.7 Å². The summed E-state index contributed by atoms with van der Waals surface area (Å²) in [7, 11) is -3.96. The third-order valence-corrected chi connectivity index (χ3v) is 8.96. The molecule has 1 saturated carbocycles.